The van der Waals surface area contributed by atoms with Crippen LogP contribution in [-0.2, 0) is 23.7 Å². The van der Waals surface area contributed by atoms with E-state index in [2.05, 4.69) is 14.7 Å². The Bertz CT molecular complexity index is 91.4. The van der Waals surface area contributed by atoms with E-state index in [1.165, 1.54) is 0 Å². The zero-order valence-corrected chi connectivity index (χ0v) is 9.35. The fraction of sp³-hybridized carbons (Fsp3) is 0. The summed E-state index contributed by atoms with van der Waals surface area (Å²) in [5, 5.41) is 0. The largest absolute Gasteiger partial charge is 0.0622 e. The molecule has 8 heavy (non-hydrogen) atoms. The second-order valence-electron chi connectivity index (χ2n) is 1.08. The first-order valence-electron chi connectivity index (χ1n) is 2.20. The van der Waals surface area contributed by atoms with E-state index in [0.717, 1.165) is 23.7 Å². The molecule has 0 aromatic heterocycles. The Hall–Kier alpha value is 0.362. The van der Waals surface area contributed by atoms with E-state index in [1.54, 1.807) is 0 Å². The van der Waals surface area contributed by atoms with Crippen LogP contribution in [0.25, 0.3) is 0 Å². The normalized spacial score (nSPS) is 6.75. The standard InChI is InChI=1S/C6H5.Cd.S/c1-2-4-6-5-3-1;;/h1-5H;;. The Kier molecular flexibility index (Phi) is 7.70. The molecule has 0 atom stereocenters. The fourth-order valence-corrected chi connectivity index (χ4v) is 0.342. The third-order valence-corrected chi connectivity index (χ3v) is 0.607. The van der Waals surface area contributed by atoms with Gasteiger partial charge in [-0.25, -0.2) is 0 Å². The average molecular weight is 222 g/mol. The Balaban J connectivity index is 0.000000222. The van der Waals surface area contributed by atoms with E-state index in [-0.39, 0.29) is 0 Å². The van der Waals surface area contributed by atoms with Crippen LogP contribution in [0.4, 0.5) is 0 Å². The molecule has 0 saturated carbocycles. The summed E-state index contributed by atoms with van der Waals surface area (Å²) in [7, 11) is 4.25. The van der Waals surface area contributed by atoms with Crippen molar-refractivity contribution in [3.05, 3.63) is 36.4 Å². The maximum atomic E-state index is 4.25. The van der Waals surface area contributed by atoms with Crippen molar-refractivity contribution in [2.75, 3.05) is 0 Å². The van der Waals surface area contributed by atoms with Gasteiger partial charge in [-0.1, -0.05) is 30.3 Å². The molecular formula is C6H5CdS. The number of hydrogen-bond donors (Lipinski definition) is 0. The van der Waals surface area contributed by atoms with Gasteiger partial charge in [0, 0.05) is 0 Å². The molecule has 0 saturated heterocycles. The molecule has 1 aromatic rings. The van der Waals surface area contributed by atoms with Crippen LogP contribution in [0.5, 0.6) is 0 Å². The quantitative estimate of drug-likeness (QED) is 0.605. The molecule has 1 aromatic carbocycles. The van der Waals surface area contributed by atoms with Crippen LogP contribution in [0.1, 0.15) is 0 Å². The molecular weight excluding hydrogens is 217 g/mol. The van der Waals surface area contributed by atoms with Crippen LogP contribution >= 0.6 is 8.65 Å². The van der Waals surface area contributed by atoms with Gasteiger partial charge in [-0.3, -0.25) is 0 Å². The van der Waals surface area contributed by atoms with Crippen LogP contribution in [0.15, 0.2) is 30.3 Å². The third-order valence-electron chi connectivity index (χ3n) is 0.607. The van der Waals surface area contributed by atoms with E-state index >= 15 is 0 Å². The minimum absolute atomic E-state index is 0.733. The number of hydrogen-bond acceptors (Lipinski definition) is 1. The van der Waals surface area contributed by atoms with Gasteiger partial charge in [-0.2, -0.15) is 0 Å². The predicted octanol–water partition coefficient (Wildman–Crippen LogP) is 2.13. The summed E-state index contributed by atoms with van der Waals surface area (Å²) in [6, 6.07) is 12.5. The van der Waals surface area contributed by atoms with Gasteiger partial charge in [0.25, 0.3) is 0 Å². The zero-order chi connectivity index (χ0) is 6.24. The fourth-order valence-electron chi connectivity index (χ4n) is 0.342. The molecule has 0 nitrogen and oxygen atoms in total. The van der Waals surface area contributed by atoms with E-state index < -0.39 is 0 Å². The summed E-state index contributed by atoms with van der Waals surface area (Å²) >= 11 is 0.733. The van der Waals surface area contributed by atoms with Crippen LogP contribution < -0.4 is 0 Å². The first kappa shape index (κ1) is 8.36. The molecule has 0 amide bonds. The molecule has 1 radical (unpaired) electrons. The van der Waals surface area contributed by atoms with Crippen LogP contribution in [0.2, 0.25) is 0 Å². The summed E-state index contributed by atoms with van der Waals surface area (Å²) in [6.45, 7) is 0. The minimum atomic E-state index is 0.733. The molecule has 0 bridgehead atoms. The van der Waals surface area contributed by atoms with Gasteiger partial charge in [0.15, 0.2) is 0 Å². The molecule has 1 rings (SSSR count). The van der Waals surface area contributed by atoms with E-state index in [4.69, 9.17) is 0 Å². The van der Waals surface area contributed by atoms with Gasteiger partial charge in [0.2, 0.25) is 0 Å². The van der Waals surface area contributed by atoms with Crippen LogP contribution in [-0.4, -0.2) is 0 Å². The predicted molar refractivity (Wildman–Crippen MR) is 32.9 cm³/mol. The minimum Gasteiger partial charge on any atom is -0.0622 e. The van der Waals surface area contributed by atoms with E-state index in [1.807, 2.05) is 30.3 Å². The van der Waals surface area contributed by atoms with Crippen molar-refractivity contribution in [2.45, 2.75) is 0 Å². The molecule has 0 fully saturated rings. The first-order chi connectivity index (χ1) is 4.00. The topological polar surface area (TPSA) is 0 Å². The molecule has 0 aliphatic rings. The molecule has 0 unspecified atom stereocenters. The van der Waals surface area contributed by atoms with Gasteiger partial charge < -0.3 is 0 Å². The molecule has 0 aliphatic heterocycles. The molecule has 37 valence electrons. The number of rotatable bonds is 0. The smallest absolute Gasteiger partial charge is 0.0184 e. The van der Waals surface area contributed by atoms with Crippen molar-refractivity contribution in [2.24, 2.45) is 0 Å². The van der Waals surface area contributed by atoms with Crippen molar-refractivity contribution in [3.63, 3.8) is 0 Å². The summed E-state index contributed by atoms with van der Waals surface area (Å²) < 4.78 is 0. The summed E-state index contributed by atoms with van der Waals surface area (Å²) in [6.07, 6.45) is 0. The Morgan fingerprint density at radius 2 is 1.50 bits per heavy atom. The van der Waals surface area contributed by atoms with Gasteiger partial charge in [-0.15, -0.1) is 0 Å². The maximum absolute atomic E-state index is 4.25. The van der Waals surface area contributed by atoms with Crippen LogP contribution in [0, 0.1) is 6.07 Å². The van der Waals surface area contributed by atoms with Gasteiger partial charge in [-0.05, 0) is 6.07 Å². The summed E-state index contributed by atoms with van der Waals surface area (Å²) in [5.74, 6) is 0. The van der Waals surface area contributed by atoms with Crippen molar-refractivity contribution in [3.8, 4) is 0 Å². The summed E-state index contributed by atoms with van der Waals surface area (Å²) in [5.41, 5.74) is 0. The third kappa shape index (κ3) is 4.52. The SMILES string of the molecule is [S]=[Cd].[c]1ccccc1. The molecule has 0 heterocycles. The second-order valence-corrected chi connectivity index (χ2v) is 1.08. The maximum Gasteiger partial charge on any atom is -0.0184 e. The van der Waals surface area contributed by atoms with Gasteiger partial charge in [0.1, 0.15) is 0 Å². The molecule has 2 heteroatoms. The van der Waals surface area contributed by atoms with Gasteiger partial charge >= 0.3 is 32.3 Å². The van der Waals surface area contributed by atoms with Crippen LogP contribution in [0.3, 0.4) is 0 Å². The van der Waals surface area contributed by atoms with Crippen molar-refractivity contribution in [1.29, 1.82) is 0 Å². The summed E-state index contributed by atoms with van der Waals surface area (Å²) in [4.78, 5) is 0. The van der Waals surface area contributed by atoms with Crippen molar-refractivity contribution >= 4 is 8.65 Å². The van der Waals surface area contributed by atoms with E-state index in [0.29, 0.717) is 0 Å². The monoisotopic (exact) mass is 223 g/mol. The van der Waals surface area contributed by atoms with Crippen molar-refractivity contribution < 1.29 is 23.7 Å². The average Bonchev–Trinajstić information content (AvgIpc) is 1.96. The Morgan fingerprint density at radius 3 is 1.62 bits per heavy atom. The first-order valence-corrected chi connectivity index (χ1v) is 7.72. The van der Waals surface area contributed by atoms with Gasteiger partial charge in [0.05, 0.1) is 0 Å². The molecule has 0 N–H and O–H groups in total. The second kappa shape index (κ2) is 7.36. The molecule has 0 spiro atoms. The Labute approximate surface area is 68.4 Å². The zero-order valence-electron chi connectivity index (χ0n) is 4.50. The Morgan fingerprint density at radius 1 is 1.00 bits per heavy atom. The van der Waals surface area contributed by atoms with Crippen molar-refractivity contribution in [1.82, 2.24) is 0 Å². The number of benzene rings is 1. The van der Waals surface area contributed by atoms with E-state index in [9.17, 15) is 0 Å². The molecule has 0 aliphatic carbocycles.